The third-order valence-electron chi connectivity index (χ3n) is 4.45. The summed E-state index contributed by atoms with van der Waals surface area (Å²) in [6, 6.07) is 13.2. The van der Waals surface area contributed by atoms with Crippen LogP contribution in [0.5, 0.6) is 5.75 Å². The lowest BCUT2D eigenvalue weighted by atomic mass is 10.1. The normalized spacial score (nSPS) is 9.90. The van der Waals surface area contributed by atoms with Crippen LogP contribution in [0.25, 0.3) is 10.4 Å². The zero-order valence-corrected chi connectivity index (χ0v) is 18.5. The molecule has 0 bridgehead atoms. The number of thiophene rings is 1. The van der Waals surface area contributed by atoms with Crippen LogP contribution in [0.3, 0.4) is 0 Å². The minimum Gasteiger partial charge on any atom is -0.497 e. The molecule has 3 aromatic rings. The van der Waals surface area contributed by atoms with E-state index in [9.17, 15) is 9.59 Å². The van der Waals surface area contributed by atoms with Crippen molar-refractivity contribution in [2.24, 2.45) is 0 Å². The molecular formula is C23H26N2O4S. The van der Waals surface area contributed by atoms with E-state index >= 15 is 0 Å². The van der Waals surface area contributed by atoms with Crippen LogP contribution < -0.4 is 15.4 Å². The van der Waals surface area contributed by atoms with Crippen LogP contribution in [0, 0.1) is 20.8 Å². The van der Waals surface area contributed by atoms with E-state index in [1.807, 2.05) is 19.2 Å². The minimum atomic E-state index is -1.07. The fourth-order valence-electron chi connectivity index (χ4n) is 3.18. The van der Waals surface area contributed by atoms with Gasteiger partial charge in [-0.1, -0.05) is 17.7 Å². The summed E-state index contributed by atoms with van der Waals surface area (Å²) in [4.78, 5) is 22.3. The Hall–Kier alpha value is -3.32. The molecule has 0 aliphatic rings. The van der Waals surface area contributed by atoms with Gasteiger partial charge in [0, 0.05) is 17.6 Å². The van der Waals surface area contributed by atoms with E-state index in [2.05, 4.69) is 43.5 Å². The quantitative estimate of drug-likeness (QED) is 0.463. The van der Waals surface area contributed by atoms with Crippen molar-refractivity contribution in [3.8, 4) is 16.2 Å². The average molecular weight is 427 g/mol. The van der Waals surface area contributed by atoms with Crippen molar-refractivity contribution >= 4 is 34.4 Å². The third kappa shape index (κ3) is 5.61. The lowest BCUT2D eigenvalue weighted by Crippen LogP contribution is -2.00. The molecule has 0 aliphatic carbocycles. The Morgan fingerprint density at radius 2 is 1.67 bits per heavy atom. The molecule has 1 heterocycles. The van der Waals surface area contributed by atoms with Crippen molar-refractivity contribution < 1.29 is 19.4 Å². The number of amides is 1. The van der Waals surface area contributed by atoms with Gasteiger partial charge in [0.2, 0.25) is 6.41 Å². The number of aryl methyl sites for hydroxylation is 3. The number of methoxy groups -OCH3 is 1. The van der Waals surface area contributed by atoms with Crippen LogP contribution >= 0.6 is 11.3 Å². The number of benzene rings is 2. The Morgan fingerprint density at radius 3 is 2.13 bits per heavy atom. The number of rotatable bonds is 6. The fourth-order valence-corrected chi connectivity index (χ4v) is 4.20. The first-order valence-electron chi connectivity index (χ1n) is 9.28. The molecule has 0 saturated heterocycles. The summed E-state index contributed by atoms with van der Waals surface area (Å²) in [6.45, 7) is 6.39. The molecule has 0 spiro atoms. The molecule has 2 aromatic carbocycles. The second kappa shape index (κ2) is 10.5. The summed E-state index contributed by atoms with van der Waals surface area (Å²) >= 11 is 1.21. The first-order valence-corrected chi connectivity index (χ1v) is 10.1. The van der Waals surface area contributed by atoms with E-state index in [-0.39, 0.29) is 5.56 Å². The number of carboxylic acids is 1. The van der Waals surface area contributed by atoms with Crippen LogP contribution in [-0.4, -0.2) is 31.6 Å². The lowest BCUT2D eigenvalue weighted by molar-refractivity contribution is -0.105. The van der Waals surface area contributed by atoms with Gasteiger partial charge in [0.15, 0.2) is 0 Å². The molecule has 0 saturated carbocycles. The van der Waals surface area contributed by atoms with Gasteiger partial charge in [0.1, 0.15) is 10.8 Å². The largest absolute Gasteiger partial charge is 0.497 e. The Balaban J connectivity index is 0.000000248. The fraction of sp³-hybridized carbons (Fsp3) is 0.217. The maximum atomic E-state index is 11.1. The molecule has 6 nitrogen and oxygen atoms in total. The number of anilines is 2. The van der Waals surface area contributed by atoms with E-state index in [1.54, 1.807) is 25.3 Å². The Bertz CT molecular complexity index is 1000. The van der Waals surface area contributed by atoms with Crippen LogP contribution in [0.15, 0.2) is 42.5 Å². The smallest absolute Gasteiger partial charge is 0.338 e. The van der Waals surface area contributed by atoms with Crippen molar-refractivity contribution in [2.45, 2.75) is 20.8 Å². The second-order valence-electron chi connectivity index (χ2n) is 6.67. The van der Waals surface area contributed by atoms with Crippen LogP contribution in [-0.2, 0) is 4.79 Å². The summed E-state index contributed by atoms with van der Waals surface area (Å²) in [6.07, 6.45) is 0.468. The molecule has 3 rings (SSSR count). The van der Waals surface area contributed by atoms with E-state index in [0.29, 0.717) is 11.4 Å². The van der Waals surface area contributed by atoms with Crippen molar-refractivity contribution in [1.82, 2.24) is 0 Å². The van der Waals surface area contributed by atoms with Gasteiger partial charge in [-0.3, -0.25) is 4.79 Å². The second-order valence-corrected chi connectivity index (χ2v) is 7.73. The number of aromatic carboxylic acids is 1. The van der Waals surface area contributed by atoms with Gasteiger partial charge in [-0.05, 0) is 67.8 Å². The Kier molecular flexibility index (Phi) is 8.00. The van der Waals surface area contributed by atoms with Crippen molar-refractivity contribution in [3.63, 3.8) is 0 Å². The Morgan fingerprint density at radius 1 is 1.07 bits per heavy atom. The van der Waals surface area contributed by atoms with E-state index in [4.69, 9.17) is 9.84 Å². The molecule has 3 N–H and O–H groups in total. The molecule has 0 aliphatic heterocycles. The topological polar surface area (TPSA) is 87.7 Å². The van der Waals surface area contributed by atoms with Gasteiger partial charge in [-0.2, -0.15) is 0 Å². The first kappa shape index (κ1) is 23.0. The van der Waals surface area contributed by atoms with Gasteiger partial charge < -0.3 is 20.5 Å². The highest BCUT2D eigenvalue weighted by Crippen LogP contribution is 2.35. The van der Waals surface area contributed by atoms with E-state index in [0.717, 1.165) is 16.2 Å². The van der Waals surface area contributed by atoms with Crippen molar-refractivity contribution in [2.75, 3.05) is 24.8 Å². The minimum absolute atomic E-state index is 0.0860. The molecule has 0 radical (unpaired) electrons. The van der Waals surface area contributed by atoms with Gasteiger partial charge >= 0.3 is 5.97 Å². The predicted molar refractivity (Wildman–Crippen MR) is 123 cm³/mol. The molecule has 7 heteroatoms. The van der Waals surface area contributed by atoms with Gasteiger partial charge in [-0.15, -0.1) is 11.3 Å². The zero-order valence-electron chi connectivity index (χ0n) is 17.7. The number of carbonyl (C=O) groups excluding carboxylic acids is 1. The van der Waals surface area contributed by atoms with Crippen LogP contribution in [0.4, 0.5) is 10.7 Å². The predicted octanol–water partition coefficient (Wildman–Crippen LogP) is 5.34. The number of hydrogen-bond acceptors (Lipinski definition) is 5. The van der Waals surface area contributed by atoms with Crippen molar-refractivity contribution in [1.29, 1.82) is 0 Å². The highest BCUT2D eigenvalue weighted by atomic mass is 32.1. The highest BCUT2D eigenvalue weighted by molar-refractivity contribution is 7.20. The van der Waals surface area contributed by atoms with Gasteiger partial charge in [0.05, 0.1) is 12.7 Å². The standard InChI is InChI=1S/C13H11NO4S.C10H15N/c1-18-9-4-2-8(3-5-9)11-6-10(13(16)17)12(19-11)14-7-15;1-7-5-8(2)10(11-4)9(3)6-7/h2-7H,1H3,(H,14,15)(H,16,17);5-6,11H,1-4H3. The molecule has 1 amide bonds. The molecule has 0 fully saturated rings. The van der Waals surface area contributed by atoms with Crippen LogP contribution in [0.1, 0.15) is 27.0 Å². The average Bonchev–Trinajstić information content (AvgIpc) is 3.13. The maximum absolute atomic E-state index is 11.1. The van der Waals surface area contributed by atoms with E-state index in [1.165, 1.54) is 33.7 Å². The van der Waals surface area contributed by atoms with Crippen molar-refractivity contribution in [3.05, 3.63) is 64.7 Å². The molecule has 158 valence electrons. The summed E-state index contributed by atoms with van der Waals surface area (Å²) in [5.41, 5.74) is 6.19. The monoisotopic (exact) mass is 426 g/mol. The number of carbonyl (C=O) groups is 2. The first-order chi connectivity index (χ1) is 14.3. The van der Waals surface area contributed by atoms with Gasteiger partial charge in [-0.25, -0.2) is 4.79 Å². The number of ether oxygens (including phenoxy) is 1. The molecule has 0 atom stereocenters. The number of hydrogen-bond donors (Lipinski definition) is 3. The maximum Gasteiger partial charge on any atom is 0.338 e. The van der Waals surface area contributed by atoms with Gasteiger partial charge in [0.25, 0.3) is 0 Å². The summed E-state index contributed by atoms with van der Waals surface area (Å²) in [5, 5.41) is 15.0. The summed E-state index contributed by atoms with van der Waals surface area (Å²) < 4.78 is 5.06. The summed E-state index contributed by atoms with van der Waals surface area (Å²) in [7, 11) is 3.54. The molecule has 1 aromatic heterocycles. The van der Waals surface area contributed by atoms with E-state index < -0.39 is 5.97 Å². The lowest BCUT2D eigenvalue weighted by Gasteiger charge is -2.09. The SMILES string of the molecule is CNc1c(C)cc(C)cc1C.COc1ccc(-c2cc(C(=O)O)c(NC=O)s2)cc1. The highest BCUT2D eigenvalue weighted by Gasteiger charge is 2.15. The summed E-state index contributed by atoms with van der Waals surface area (Å²) in [5.74, 6) is -0.342. The molecule has 0 unspecified atom stereocenters. The third-order valence-corrected chi connectivity index (χ3v) is 5.57. The molecule has 30 heavy (non-hydrogen) atoms. The van der Waals surface area contributed by atoms with Crippen LogP contribution in [0.2, 0.25) is 0 Å². The Labute approximate surface area is 180 Å². The molecular weight excluding hydrogens is 400 g/mol. The number of nitrogens with one attached hydrogen (secondary N) is 2. The number of carboxylic acid groups (broad SMARTS) is 1. The zero-order chi connectivity index (χ0) is 22.3.